The van der Waals surface area contributed by atoms with Crippen LogP contribution in [0, 0.1) is 0 Å². The van der Waals surface area contributed by atoms with E-state index in [2.05, 4.69) is 21.0 Å². The van der Waals surface area contributed by atoms with E-state index in [4.69, 9.17) is 0 Å². The second kappa shape index (κ2) is 5.97. The highest BCUT2D eigenvalue weighted by molar-refractivity contribution is 9.10. The maximum Gasteiger partial charge on any atom is 0.169 e. The van der Waals surface area contributed by atoms with Gasteiger partial charge in [-0.05, 0) is 42.6 Å². The largest absolute Gasteiger partial charge is 0.382 e. The quantitative estimate of drug-likeness (QED) is 0.877. The summed E-state index contributed by atoms with van der Waals surface area (Å²) in [6.45, 7) is 8.11. The molecule has 0 aliphatic rings. The molecule has 1 aromatic rings. The van der Waals surface area contributed by atoms with Gasteiger partial charge >= 0.3 is 0 Å². The predicted molar refractivity (Wildman–Crippen MR) is 74.6 cm³/mol. The number of halogens is 1. The van der Waals surface area contributed by atoms with Crippen molar-refractivity contribution in [3.8, 4) is 0 Å². The summed E-state index contributed by atoms with van der Waals surface area (Å²) in [4.78, 5) is 12.1. The van der Waals surface area contributed by atoms with Gasteiger partial charge in [-0.2, -0.15) is 5.10 Å². The van der Waals surface area contributed by atoms with E-state index < -0.39 is 5.60 Å². The summed E-state index contributed by atoms with van der Waals surface area (Å²) in [5.74, 6) is -0.164. The summed E-state index contributed by atoms with van der Waals surface area (Å²) in [6.07, 6.45) is 1.45. The van der Waals surface area contributed by atoms with E-state index in [1.54, 1.807) is 6.92 Å². The van der Waals surface area contributed by atoms with Gasteiger partial charge in [-0.3, -0.25) is 9.48 Å². The minimum absolute atomic E-state index is 0.164. The van der Waals surface area contributed by atoms with Gasteiger partial charge in [0.1, 0.15) is 5.60 Å². The molecule has 1 aromatic heterocycles. The lowest BCUT2D eigenvalue weighted by Crippen LogP contribution is -2.36. The van der Waals surface area contributed by atoms with Crippen LogP contribution in [0.25, 0.3) is 0 Å². The van der Waals surface area contributed by atoms with Gasteiger partial charge in [-0.25, -0.2) is 0 Å². The Bertz CT molecular complexity index is 438. The molecule has 0 radical (unpaired) electrons. The lowest BCUT2D eigenvalue weighted by molar-refractivity contribution is -0.135. The third-order valence-electron chi connectivity index (χ3n) is 3.31. The van der Waals surface area contributed by atoms with E-state index in [9.17, 15) is 9.90 Å². The van der Waals surface area contributed by atoms with E-state index >= 15 is 0 Å². The van der Waals surface area contributed by atoms with Gasteiger partial charge in [0.15, 0.2) is 5.78 Å². The molecule has 102 valence electrons. The fourth-order valence-electron chi connectivity index (χ4n) is 1.73. The van der Waals surface area contributed by atoms with Crippen LogP contribution in [0.2, 0.25) is 0 Å². The van der Waals surface area contributed by atoms with Crippen molar-refractivity contribution >= 4 is 21.7 Å². The Morgan fingerprint density at radius 3 is 2.50 bits per heavy atom. The van der Waals surface area contributed by atoms with Gasteiger partial charge in [-0.15, -0.1) is 0 Å². The number of aliphatic hydroxyl groups is 1. The Hall–Kier alpha value is -0.680. The molecule has 0 amide bonds. The third-order valence-corrected chi connectivity index (χ3v) is 4.23. The molecule has 1 N–H and O–H groups in total. The van der Waals surface area contributed by atoms with Crippen LogP contribution in [0.4, 0.5) is 0 Å². The van der Waals surface area contributed by atoms with Gasteiger partial charge in [0.2, 0.25) is 0 Å². The molecule has 0 fully saturated rings. The first-order chi connectivity index (χ1) is 8.37. The maximum absolute atomic E-state index is 12.1. The topological polar surface area (TPSA) is 55.1 Å². The molecule has 1 atom stereocenters. The van der Waals surface area contributed by atoms with E-state index in [-0.39, 0.29) is 12.2 Å². The normalized spacial score (nSPS) is 14.6. The molecule has 1 unspecified atom stereocenters. The molecule has 4 nitrogen and oxygen atoms in total. The molecule has 1 heterocycles. The van der Waals surface area contributed by atoms with Crippen molar-refractivity contribution in [1.82, 2.24) is 9.78 Å². The lowest BCUT2D eigenvalue weighted by atomic mass is 9.94. The fraction of sp³-hybridized carbons (Fsp3) is 0.692. The molecule has 0 saturated carbocycles. The number of Topliss-reactive ketones (excluding diaryl/α,β-unsaturated/α-hetero) is 1. The lowest BCUT2D eigenvalue weighted by Gasteiger charge is -2.19. The Balaban J connectivity index is 3.04. The zero-order valence-corrected chi connectivity index (χ0v) is 13.0. The van der Waals surface area contributed by atoms with Crippen LogP contribution in [0.15, 0.2) is 4.47 Å². The van der Waals surface area contributed by atoms with Crippen molar-refractivity contribution in [2.24, 2.45) is 0 Å². The van der Waals surface area contributed by atoms with Gasteiger partial charge in [-0.1, -0.05) is 13.8 Å². The SMILES string of the molecule is CCc1nn(CC)c(CC(=O)C(C)(O)CC)c1Br. The molecule has 0 bridgehead atoms. The van der Waals surface area contributed by atoms with Crippen molar-refractivity contribution in [1.29, 1.82) is 0 Å². The molecule has 0 aliphatic carbocycles. The number of ketones is 1. The van der Waals surface area contributed by atoms with Crippen molar-refractivity contribution in [2.45, 2.75) is 59.1 Å². The van der Waals surface area contributed by atoms with E-state index in [1.807, 2.05) is 25.5 Å². The second-order valence-electron chi connectivity index (χ2n) is 4.60. The molecular weight excluding hydrogens is 296 g/mol. The number of carbonyl (C=O) groups excluding carboxylic acids is 1. The number of aromatic nitrogens is 2. The molecule has 1 rings (SSSR count). The summed E-state index contributed by atoms with van der Waals surface area (Å²) >= 11 is 3.50. The van der Waals surface area contributed by atoms with E-state index in [0.717, 1.165) is 28.8 Å². The first-order valence-electron chi connectivity index (χ1n) is 6.37. The number of hydrogen-bond donors (Lipinski definition) is 1. The number of hydrogen-bond acceptors (Lipinski definition) is 3. The monoisotopic (exact) mass is 316 g/mol. The Labute approximate surface area is 117 Å². The molecule has 0 aromatic carbocycles. The van der Waals surface area contributed by atoms with Crippen LogP contribution in [0.5, 0.6) is 0 Å². The average molecular weight is 317 g/mol. The zero-order chi connectivity index (χ0) is 13.9. The summed E-state index contributed by atoms with van der Waals surface area (Å²) in [5, 5.41) is 14.4. The van der Waals surface area contributed by atoms with Gasteiger partial charge in [0, 0.05) is 6.54 Å². The average Bonchev–Trinajstić information content (AvgIpc) is 2.66. The first-order valence-corrected chi connectivity index (χ1v) is 7.16. The van der Waals surface area contributed by atoms with Crippen LogP contribution in [0.3, 0.4) is 0 Å². The van der Waals surface area contributed by atoms with E-state index in [1.165, 1.54) is 0 Å². The molecule has 5 heteroatoms. The highest BCUT2D eigenvalue weighted by atomic mass is 79.9. The highest BCUT2D eigenvalue weighted by Crippen LogP contribution is 2.24. The van der Waals surface area contributed by atoms with Crippen molar-refractivity contribution < 1.29 is 9.90 Å². The standard InChI is InChI=1S/C13H21BrN2O2/c1-5-9-12(14)10(16(7-3)15-9)8-11(17)13(4,18)6-2/h18H,5-8H2,1-4H3. The summed E-state index contributed by atoms with van der Waals surface area (Å²) in [6, 6.07) is 0. The van der Waals surface area contributed by atoms with Crippen molar-refractivity contribution in [3.05, 3.63) is 15.9 Å². The Morgan fingerprint density at radius 2 is 2.06 bits per heavy atom. The minimum Gasteiger partial charge on any atom is -0.382 e. The number of carbonyl (C=O) groups is 1. The molecular formula is C13H21BrN2O2. The second-order valence-corrected chi connectivity index (χ2v) is 5.40. The maximum atomic E-state index is 12.1. The predicted octanol–water partition coefficient (Wildman–Crippen LogP) is 2.50. The Kier molecular flexibility index (Phi) is 5.10. The van der Waals surface area contributed by atoms with Gasteiger partial charge in [0.05, 0.1) is 22.3 Å². The molecule has 18 heavy (non-hydrogen) atoms. The Morgan fingerprint density at radius 1 is 1.44 bits per heavy atom. The summed E-state index contributed by atoms with van der Waals surface area (Å²) in [7, 11) is 0. The third kappa shape index (κ3) is 3.01. The zero-order valence-electron chi connectivity index (χ0n) is 11.5. The highest BCUT2D eigenvalue weighted by Gasteiger charge is 2.29. The van der Waals surface area contributed by atoms with Crippen LogP contribution >= 0.6 is 15.9 Å². The fourth-order valence-corrected chi connectivity index (χ4v) is 2.43. The minimum atomic E-state index is -1.26. The van der Waals surface area contributed by atoms with E-state index in [0.29, 0.717) is 6.42 Å². The number of aryl methyl sites for hydroxylation is 2. The first kappa shape index (κ1) is 15.4. The number of nitrogens with zero attached hydrogens (tertiary/aromatic N) is 2. The van der Waals surface area contributed by atoms with Crippen molar-refractivity contribution in [2.75, 3.05) is 0 Å². The van der Waals surface area contributed by atoms with Crippen LogP contribution in [-0.2, 0) is 24.2 Å². The van der Waals surface area contributed by atoms with Gasteiger partial charge in [0.25, 0.3) is 0 Å². The van der Waals surface area contributed by atoms with Crippen molar-refractivity contribution in [3.63, 3.8) is 0 Å². The summed E-state index contributed by atoms with van der Waals surface area (Å²) < 4.78 is 2.72. The molecule has 0 aliphatic heterocycles. The van der Waals surface area contributed by atoms with Crippen LogP contribution in [0.1, 0.15) is 45.5 Å². The van der Waals surface area contributed by atoms with Crippen LogP contribution < -0.4 is 0 Å². The number of rotatable bonds is 6. The molecule has 0 saturated heterocycles. The summed E-state index contributed by atoms with van der Waals surface area (Å²) in [5.41, 5.74) is 0.554. The van der Waals surface area contributed by atoms with Gasteiger partial charge < -0.3 is 5.11 Å². The van der Waals surface area contributed by atoms with Crippen LogP contribution in [-0.4, -0.2) is 26.3 Å². The molecule has 0 spiro atoms. The smallest absolute Gasteiger partial charge is 0.169 e.